The number of hydrogen-bond acceptors (Lipinski definition) is 6. The van der Waals surface area contributed by atoms with Crippen LogP contribution in [-0.4, -0.2) is 41.4 Å². The number of nitrogens with two attached hydrogens (primary N) is 1. The van der Waals surface area contributed by atoms with Crippen LogP contribution < -0.4 is 10.5 Å². The Kier molecular flexibility index (Phi) is 5.59. The number of imide groups is 1. The molecule has 0 spiro atoms. The number of nitrogen functional groups attached to an aromatic ring is 1. The van der Waals surface area contributed by atoms with Gasteiger partial charge in [0.15, 0.2) is 6.61 Å². The summed E-state index contributed by atoms with van der Waals surface area (Å²) >= 11 is 0. The van der Waals surface area contributed by atoms with E-state index in [0.29, 0.717) is 29.0 Å². The van der Waals surface area contributed by atoms with Crippen LogP contribution in [0.3, 0.4) is 0 Å². The second-order valence-corrected chi connectivity index (χ2v) is 7.80. The van der Waals surface area contributed by atoms with Crippen molar-refractivity contribution in [3.63, 3.8) is 0 Å². The molecule has 0 atom stereocenters. The van der Waals surface area contributed by atoms with Crippen LogP contribution in [0.2, 0.25) is 0 Å². The standard InChI is InChI=1S/C22H24N2O5/c1-22(2,3)29-19(25)13-28-18-9-8-14(12-17(18)23)10-11-24-20(26)15-6-4-5-7-16(15)21(24)27/h4-9,12H,10-11,13,23H2,1-3H3. The largest absolute Gasteiger partial charge is 0.480 e. The molecule has 7 heteroatoms. The van der Waals surface area contributed by atoms with Crippen LogP contribution in [0.1, 0.15) is 47.1 Å². The van der Waals surface area contributed by atoms with Crippen LogP contribution in [0, 0.1) is 0 Å². The summed E-state index contributed by atoms with van der Waals surface area (Å²) in [6.45, 7) is 5.35. The molecule has 29 heavy (non-hydrogen) atoms. The topological polar surface area (TPSA) is 98.9 Å². The first kappa shape index (κ1) is 20.4. The van der Waals surface area contributed by atoms with Gasteiger partial charge < -0.3 is 15.2 Å². The summed E-state index contributed by atoms with van der Waals surface area (Å²) in [5, 5.41) is 0. The van der Waals surface area contributed by atoms with Gasteiger partial charge in [0.25, 0.3) is 11.8 Å². The van der Waals surface area contributed by atoms with E-state index in [-0.39, 0.29) is 25.0 Å². The summed E-state index contributed by atoms with van der Waals surface area (Å²) in [5.41, 5.74) is 7.52. The first-order chi connectivity index (χ1) is 13.7. The lowest BCUT2D eigenvalue weighted by atomic mass is 10.1. The molecule has 0 saturated carbocycles. The SMILES string of the molecule is CC(C)(C)OC(=O)COc1ccc(CCN2C(=O)c3ccccc3C2=O)cc1N. The van der Waals surface area contributed by atoms with Gasteiger partial charge in [-0.25, -0.2) is 4.79 Å². The van der Waals surface area contributed by atoms with Crippen LogP contribution in [0.5, 0.6) is 5.75 Å². The van der Waals surface area contributed by atoms with Gasteiger partial charge in [0.2, 0.25) is 0 Å². The number of ether oxygens (including phenoxy) is 2. The summed E-state index contributed by atoms with van der Waals surface area (Å²) in [5.74, 6) is -0.668. The van der Waals surface area contributed by atoms with Crippen molar-refractivity contribution < 1.29 is 23.9 Å². The van der Waals surface area contributed by atoms with Crippen LogP contribution in [0.4, 0.5) is 5.69 Å². The van der Waals surface area contributed by atoms with Crippen molar-refractivity contribution >= 4 is 23.5 Å². The predicted octanol–water partition coefficient (Wildman–Crippen LogP) is 2.83. The Balaban J connectivity index is 1.58. The van der Waals surface area contributed by atoms with E-state index in [1.54, 1.807) is 63.2 Å². The van der Waals surface area contributed by atoms with Crippen molar-refractivity contribution in [2.45, 2.75) is 32.8 Å². The minimum Gasteiger partial charge on any atom is -0.480 e. The summed E-state index contributed by atoms with van der Waals surface area (Å²) in [4.78, 5) is 37.8. The second-order valence-electron chi connectivity index (χ2n) is 7.80. The lowest BCUT2D eigenvalue weighted by Gasteiger charge is -2.19. The van der Waals surface area contributed by atoms with Crippen LogP contribution in [0.15, 0.2) is 42.5 Å². The number of benzene rings is 2. The number of nitrogens with zero attached hydrogens (tertiary/aromatic N) is 1. The van der Waals surface area contributed by atoms with Crippen molar-refractivity contribution in [2.24, 2.45) is 0 Å². The molecule has 1 aliphatic heterocycles. The highest BCUT2D eigenvalue weighted by Crippen LogP contribution is 2.25. The van der Waals surface area contributed by atoms with Crippen LogP contribution in [-0.2, 0) is 16.0 Å². The number of fused-ring (bicyclic) bond motifs is 1. The molecule has 0 aliphatic carbocycles. The number of hydrogen-bond donors (Lipinski definition) is 1. The Bertz CT molecular complexity index is 927. The van der Waals surface area contributed by atoms with Gasteiger partial charge in [-0.05, 0) is 57.0 Å². The fraction of sp³-hybridized carbons (Fsp3) is 0.318. The maximum atomic E-state index is 12.4. The lowest BCUT2D eigenvalue weighted by Crippen LogP contribution is -2.31. The number of carbonyl (C=O) groups excluding carboxylic acids is 3. The van der Waals surface area contributed by atoms with Gasteiger partial charge in [-0.3, -0.25) is 14.5 Å². The van der Waals surface area contributed by atoms with E-state index in [2.05, 4.69) is 0 Å². The third kappa shape index (κ3) is 4.74. The number of rotatable bonds is 6. The molecule has 0 saturated heterocycles. The van der Waals surface area contributed by atoms with E-state index in [4.69, 9.17) is 15.2 Å². The highest BCUT2D eigenvalue weighted by molar-refractivity contribution is 6.21. The number of amides is 2. The molecule has 7 nitrogen and oxygen atoms in total. The van der Waals surface area contributed by atoms with E-state index >= 15 is 0 Å². The van der Waals surface area contributed by atoms with E-state index in [9.17, 15) is 14.4 Å². The van der Waals surface area contributed by atoms with Crippen LogP contribution >= 0.6 is 0 Å². The molecule has 0 aromatic heterocycles. The first-order valence-corrected chi connectivity index (χ1v) is 9.34. The van der Waals surface area contributed by atoms with E-state index in [1.165, 1.54) is 4.90 Å². The van der Waals surface area contributed by atoms with Gasteiger partial charge in [0, 0.05) is 6.54 Å². The fourth-order valence-electron chi connectivity index (χ4n) is 3.08. The first-order valence-electron chi connectivity index (χ1n) is 9.34. The minimum absolute atomic E-state index is 0.240. The molecule has 2 aromatic carbocycles. The molecule has 0 radical (unpaired) electrons. The van der Waals surface area contributed by atoms with Gasteiger partial charge in [0.1, 0.15) is 11.4 Å². The Morgan fingerprint density at radius 3 is 2.21 bits per heavy atom. The minimum atomic E-state index is -0.583. The fourth-order valence-corrected chi connectivity index (χ4v) is 3.08. The van der Waals surface area contributed by atoms with E-state index in [1.807, 2.05) is 0 Å². The molecule has 1 aliphatic rings. The maximum absolute atomic E-state index is 12.4. The quantitative estimate of drug-likeness (QED) is 0.458. The van der Waals surface area contributed by atoms with Gasteiger partial charge in [-0.15, -0.1) is 0 Å². The summed E-state index contributed by atoms with van der Waals surface area (Å²) in [6.07, 6.45) is 0.460. The highest BCUT2D eigenvalue weighted by atomic mass is 16.6. The highest BCUT2D eigenvalue weighted by Gasteiger charge is 2.34. The number of carbonyl (C=O) groups is 3. The Morgan fingerprint density at radius 2 is 1.66 bits per heavy atom. The van der Waals surface area contributed by atoms with Crippen molar-refractivity contribution in [3.8, 4) is 5.75 Å². The zero-order valence-corrected chi connectivity index (χ0v) is 16.7. The van der Waals surface area contributed by atoms with Gasteiger partial charge in [0.05, 0.1) is 16.8 Å². The van der Waals surface area contributed by atoms with Crippen molar-refractivity contribution in [1.82, 2.24) is 4.90 Å². The number of anilines is 1. The Morgan fingerprint density at radius 1 is 1.03 bits per heavy atom. The third-order valence-corrected chi connectivity index (χ3v) is 4.34. The molecular formula is C22H24N2O5. The van der Waals surface area contributed by atoms with Gasteiger partial charge in [-0.2, -0.15) is 0 Å². The summed E-state index contributed by atoms with van der Waals surface area (Å²) in [7, 11) is 0. The van der Waals surface area contributed by atoms with Gasteiger partial charge >= 0.3 is 5.97 Å². The van der Waals surface area contributed by atoms with Crippen molar-refractivity contribution in [1.29, 1.82) is 0 Å². The van der Waals surface area contributed by atoms with Crippen molar-refractivity contribution in [3.05, 3.63) is 59.2 Å². The monoisotopic (exact) mass is 396 g/mol. The van der Waals surface area contributed by atoms with E-state index in [0.717, 1.165) is 5.56 Å². The molecule has 2 aromatic rings. The van der Waals surface area contributed by atoms with Gasteiger partial charge in [-0.1, -0.05) is 18.2 Å². The Labute approximate surface area is 169 Å². The lowest BCUT2D eigenvalue weighted by molar-refractivity contribution is -0.157. The second kappa shape index (κ2) is 7.95. The molecule has 3 rings (SSSR count). The molecule has 0 unspecified atom stereocenters. The third-order valence-electron chi connectivity index (χ3n) is 4.34. The molecule has 0 bridgehead atoms. The smallest absolute Gasteiger partial charge is 0.344 e. The average Bonchev–Trinajstić information content (AvgIpc) is 2.89. The zero-order chi connectivity index (χ0) is 21.2. The molecule has 2 N–H and O–H groups in total. The van der Waals surface area contributed by atoms with E-state index < -0.39 is 11.6 Å². The number of esters is 1. The molecule has 1 heterocycles. The normalized spacial score (nSPS) is 13.4. The Hall–Kier alpha value is -3.35. The van der Waals surface area contributed by atoms with Crippen LogP contribution in [0.25, 0.3) is 0 Å². The molecule has 152 valence electrons. The summed E-state index contributed by atoms with van der Waals surface area (Å²) < 4.78 is 10.6. The van der Waals surface area contributed by atoms with Crippen molar-refractivity contribution in [2.75, 3.05) is 18.9 Å². The maximum Gasteiger partial charge on any atom is 0.344 e. The average molecular weight is 396 g/mol. The summed E-state index contributed by atoms with van der Waals surface area (Å²) in [6, 6.07) is 12.0. The predicted molar refractivity (Wildman–Crippen MR) is 108 cm³/mol. The molecule has 2 amide bonds. The molecule has 0 fully saturated rings. The molecular weight excluding hydrogens is 372 g/mol. The zero-order valence-electron chi connectivity index (χ0n) is 16.7.